The van der Waals surface area contributed by atoms with Crippen molar-refractivity contribution in [1.82, 2.24) is 9.38 Å². The average molecular weight is 417 g/mol. The molecule has 0 bridgehead atoms. The molecule has 1 aliphatic rings. The number of aromatic nitrogens is 2. The fraction of sp³-hybridized carbons (Fsp3) is 0.304. The molecule has 0 spiro atoms. The van der Waals surface area contributed by atoms with Crippen LogP contribution in [0.2, 0.25) is 0 Å². The summed E-state index contributed by atoms with van der Waals surface area (Å²) in [6, 6.07) is 11.1. The first-order valence-corrected chi connectivity index (χ1v) is 10.0. The van der Waals surface area contributed by atoms with Crippen molar-refractivity contribution in [2.45, 2.75) is 38.0 Å². The molecule has 0 aliphatic carbocycles. The molecule has 1 N–H and O–H groups in total. The highest BCUT2D eigenvalue weighted by atomic mass is 16.5. The maximum atomic E-state index is 12.4. The average Bonchev–Trinajstić information content (AvgIpc) is 3.44. The van der Waals surface area contributed by atoms with Crippen molar-refractivity contribution in [1.29, 1.82) is 0 Å². The van der Waals surface area contributed by atoms with E-state index in [1.807, 2.05) is 35.0 Å². The molecule has 0 radical (unpaired) electrons. The van der Waals surface area contributed by atoms with Crippen LogP contribution >= 0.6 is 0 Å². The third-order valence-electron chi connectivity index (χ3n) is 5.04. The van der Waals surface area contributed by atoms with E-state index in [2.05, 4.69) is 26.4 Å². The van der Waals surface area contributed by atoms with Crippen molar-refractivity contribution < 1.29 is 14.3 Å². The number of carbonyl (C=O) groups excluding carboxylic acids is 1. The number of nitrogens with zero attached hydrogens (tertiary/aromatic N) is 4. The second kappa shape index (κ2) is 8.88. The number of hydrogen-bond donors (Lipinski definition) is 1. The molecule has 3 aromatic rings. The molecule has 31 heavy (non-hydrogen) atoms. The van der Waals surface area contributed by atoms with Gasteiger partial charge in [0.05, 0.1) is 12.8 Å². The molecule has 1 aliphatic heterocycles. The first-order chi connectivity index (χ1) is 15.1. The number of imidazole rings is 1. The molecule has 8 heteroatoms. The van der Waals surface area contributed by atoms with Crippen LogP contribution in [0.5, 0.6) is 11.5 Å². The molecule has 0 saturated carbocycles. The number of methoxy groups -OCH3 is 1. The minimum Gasteiger partial charge on any atom is -0.493 e. The number of rotatable bonds is 10. The number of benzene rings is 1. The van der Waals surface area contributed by atoms with Gasteiger partial charge in [0.1, 0.15) is 12.3 Å². The lowest BCUT2D eigenvalue weighted by Crippen LogP contribution is -2.17. The number of ether oxygens (including phenoxy) is 2. The number of fused-ring (bicyclic) bond motifs is 1. The normalized spacial score (nSPS) is 13.5. The predicted octanol–water partition coefficient (Wildman–Crippen LogP) is 4.22. The second-order valence-corrected chi connectivity index (χ2v) is 7.29. The van der Waals surface area contributed by atoms with Crippen LogP contribution in [0.15, 0.2) is 59.0 Å². The van der Waals surface area contributed by atoms with Crippen molar-refractivity contribution >= 4 is 17.2 Å². The summed E-state index contributed by atoms with van der Waals surface area (Å²) in [6.45, 7) is 0.274. The highest BCUT2D eigenvalue weighted by molar-refractivity contribution is 5.91. The molecule has 8 nitrogen and oxygen atoms in total. The number of pyridine rings is 1. The van der Waals surface area contributed by atoms with Crippen LogP contribution in [0, 0.1) is 12.3 Å². The fourth-order valence-electron chi connectivity index (χ4n) is 3.28. The van der Waals surface area contributed by atoms with Crippen LogP contribution in [0.25, 0.3) is 5.65 Å². The van der Waals surface area contributed by atoms with E-state index in [1.54, 1.807) is 25.3 Å². The minimum atomic E-state index is -0.466. The third kappa shape index (κ3) is 5.01. The van der Waals surface area contributed by atoms with Crippen molar-refractivity contribution in [3.63, 3.8) is 0 Å². The first-order valence-electron chi connectivity index (χ1n) is 10.0. The van der Waals surface area contributed by atoms with Crippen LogP contribution in [0.4, 0.5) is 5.69 Å². The lowest BCUT2D eigenvalue weighted by atomic mass is 10.0. The molecular weight excluding hydrogens is 394 g/mol. The Bertz CT molecular complexity index is 1120. The Hall–Kier alpha value is -3.86. The van der Waals surface area contributed by atoms with Crippen LogP contribution in [0.1, 0.15) is 31.4 Å². The minimum absolute atomic E-state index is 0.117. The highest BCUT2D eigenvalue weighted by Crippen LogP contribution is 2.37. The van der Waals surface area contributed by atoms with E-state index in [4.69, 9.17) is 15.9 Å². The van der Waals surface area contributed by atoms with E-state index in [9.17, 15) is 4.79 Å². The van der Waals surface area contributed by atoms with E-state index in [1.165, 1.54) is 0 Å². The Balaban J connectivity index is 1.36. The standard InChI is InChI=1S/C23H23N5O3/c1-3-4-11-23(26-27-23)12-10-22(29)25-17-8-9-19(30-2)20(14-17)31-16-18-15-28-13-6-5-7-21(28)24-18/h1,5-9,13-15H,4,10-12,16H2,2H3,(H,25,29). The van der Waals surface area contributed by atoms with Gasteiger partial charge in [0.15, 0.2) is 17.2 Å². The SMILES string of the molecule is C#CCCC1(CCC(=O)Nc2ccc(OC)c(OCc3cn4ccccc4n3)c2)N=N1. The number of carbonyl (C=O) groups is 1. The Morgan fingerprint density at radius 1 is 1.23 bits per heavy atom. The summed E-state index contributed by atoms with van der Waals surface area (Å²) in [5, 5.41) is 11.0. The summed E-state index contributed by atoms with van der Waals surface area (Å²) in [5.74, 6) is 3.57. The molecule has 0 saturated heterocycles. The van der Waals surface area contributed by atoms with Crippen molar-refractivity contribution in [3.8, 4) is 23.8 Å². The zero-order chi connectivity index (χ0) is 21.7. The van der Waals surface area contributed by atoms with Gasteiger partial charge in [-0.15, -0.1) is 12.3 Å². The largest absolute Gasteiger partial charge is 0.493 e. The van der Waals surface area contributed by atoms with Crippen LogP contribution < -0.4 is 14.8 Å². The highest BCUT2D eigenvalue weighted by Gasteiger charge is 2.39. The van der Waals surface area contributed by atoms with E-state index >= 15 is 0 Å². The third-order valence-corrected chi connectivity index (χ3v) is 5.04. The fourth-order valence-corrected chi connectivity index (χ4v) is 3.28. The van der Waals surface area contributed by atoms with Gasteiger partial charge in [-0.25, -0.2) is 4.98 Å². The smallest absolute Gasteiger partial charge is 0.224 e. The van der Waals surface area contributed by atoms with Gasteiger partial charge in [-0.05, 0) is 24.3 Å². The predicted molar refractivity (Wildman–Crippen MR) is 116 cm³/mol. The number of nitrogens with one attached hydrogen (secondary N) is 1. The topological polar surface area (TPSA) is 89.6 Å². The summed E-state index contributed by atoms with van der Waals surface area (Å²) in [4.78, 5) is 16.9. The van der Waals surface area contributed by atoms with Crippen LogP contribution in [-0.2, 0) is 11.4 Å². The number of terminal acetylenes is 1. The molecule has 158 valence electrons. The van der Waals surface area contributed by atoms with Gasteiger partial charge >= 0.3 is 0 Å². The number of amides is 1. The zero-order valence-corrected chi connectivity index (χ0v) is 17.2. The Morgan fingerprint density at radius 2 is 2.10 bits per heavy atom. The molecular formula is C23H23N5O3. The van der Waals surface area contributed by atoms with Crippen molar-refractivity contribution in [2.75, 3.05) is 12.4 Å². The summed E-state index contributed by atoms with van der Waals surface area (Å²) < 4.78 is 13.3. The molecule has 0 fully saturated rings. The summed E-state index contributed by atoms with van der Waals surface area (Å²) in [5.41, 5.74) is 1.80. The van der Waals surface area contributed by atoms with Gasteiger partial charge < -0.3 is 19.2 Å². The van der Waals surface area contributed by atoms with E-state index < -0.39 is 5.66 Å². The lowest BCUT2D eigenvalue weighted by molar-refractivity contribution is -0.116. The quantitative estimate of drug-likeness (QED) is 0.500. The van der Waals surface area contributed by atoms with Crippen LogP contribution in [-0.4, -0.2) is 28.1 Å². The Morgan fingerprint density at radius 3 is 2.84 bits per heavy atom. The Labute approximate surface area is 180 Å². The van der Waals surface area contributed by atoms with Crippen LogP contribution in [0.3, 0.4) is 0 Å². The second-order valence-electron chi connectivity index (χ2n) is 7.29. The molecule has 4 rings (SSSR count). The molecule has 3 heterocycles. The molecule has 0 atom stereocenters. The summed E-state index contributed by atoms with van der Waals surface area (Å²) >= 11 is 0. The van der Waals surface area contributed by atoms with Gasteiger partial charge in [0, 0.05) is 49.8 Å². The molecule has 1 amide bonds. The maximum Gasteiger partial charge on any atom is 0.224 e. The summed E-state index contributed by atoms with van der Waals surface area (Å²) in [6.07, 6.45) is 11.3. The molecule has 0 unspecified atom stereocenters. The van der Waals surface area contributed by atoms with Gasteiger partial charge in [0.2, 0.25) is 5.91 Å². The van der Waals surface area contributed by atoms with Gasteiger partial charge in [0.25, 0.3) is 0 Å². The molecule has 2 aromatic heterocycles. The van der Waals surface area contributed by atoms with Gasteiger partial charge in [-0.2, -0.15) is 10.2 Å². The lowest BCUT2D eigenvalue weighted by Gasteiger charge is -2.13. The van der Waals surface area contributed by atoms with Gasteiger partial charge in [-0.1, -0.05) is 6.07 Å². The monoisotopic (exact) mass is 417 g/mol. The molecule has 1 aromatic carbocycles. The first kappa shape index (κ1) is 20.4. The van der Waals surface area contributed by atoms with Crippen molar-refractivity contribution in [3.05, 3.63) is 54.5 Å². The van der Waals surface area contributed by atoms with E-state index in [0.29, 0.717) is 42.9 Å². The van der Waals surface area contributed by atoms with Crippen molar-refractivity contribution in [2.24, 2.45) is 10.2 Å². The van der Waals surface area contributed by atoms with Gasteiger partial charge in [-0.3, -0.25) is 4.79 Å². The summed E-state index contributed by atoms with van der Waals surface area (Å²) in [7, 11) is 1.57. The van der Waals surface area contributed by atoms with E-state index in [-0.39, 0.29) is 12.5 Å². The number of anilines is 1. The Kier molecular flexibility index (Phi) is 5.85. The zero-order valence-electron chi connectivity index (χ0n) is 17.2. The maximum absolute atomic E-state index is 12.4. The van der Waals surface area contributed by atoms with E-state index in [0.717, 1.165) is 11.3 Å². The number of hydrogen-bond acceptors (Lipinski definition) is 6.